The molecular weight excluding hydrogens is 204 g/mol. The summed E-state index contributed by atoms with van der Waals surface area (Å²) < 4.78 is 0. The van der Waals surface area contributed by atoms with Gasteiger partial charge in [-0.3, -0.25) is 0 Å². The van der Waals surface area contributed by atoms with Crippen molar-refractivity contribution in [1.29, 1.82) is 0 Å². The van der Waals surface area contributed by atoms with Gasteiger partial charge in [0.25, 0.3) is 0 Å². The van der Waals surface area contributed by atoms with E-state index in [-0.39, 0.29) is 0 Å². The van der Waals surface area contributed by atoms with Crippen molar-refractivity contribution in [1.82, 2.24) is 0 Å². The largest absolute Gasteiger partial charge is 0.122 e. The molecule has 0 saturated carbocycles. The summed E-state index contributed by atoms with van der Waals surface area (Å²) in [6.07, 6.45) is 0. The van der Waals surface area contributed by atoms with Crippen LogP contribution in [0.1, 0.15) is 11.1 Å². The Morgan fingerprint density at radius 3 is 2.27 bits per heavy atom. The second kappa shape index (κ2) is 4.50. The van der Waals surface area contributed by atoms with Gasteiger partial charge in [-0.25, -0.2) is 0 Å². The van der Waals surface area contributed by atoms with Gasteiger partial charge < -0.3 is 0 Å². The molecule has 0 bridgehead atoms. The molecule has 0 amide bonds. The second-order valence-electron chi connectivity index (χ2n) is 3.64. The fourth-order valence-corrected chi connectivity index (χ4v) is 1.96. The Labute approximate surface area is 95.5 Å². The SMILES string of the molecule is Cc1cc(-c2ccccc2)ccc1CCl. The molecule has 0 spiro atoms. The van der Waals surface area contributed by atoms with Gasteiger partial charge in [-0.1, -0.05) is 48.5 Å². The van der Waals surface area contributed by atoms with E-state index >= 15 is 0 Å². The summed E-state index contributed by atoms with van der Waals surface area (Å²) in [5.74, 6) is 0.584. The Hall–Kier alpha value is -1.27. The molecule has 0 aliphatic carbocycles. The zero-order valence-electron chi connectivity index (χ0n) is 8.70. The Morgan fingerprint density at radius 1 is 0.933 bits per heavy atom. The third-order valence-corrected chi connectivity index (χ3v) is 2.88. The van der Waals surface area contributed by atoms with Gasteiger partial charge in [0.2, 0.25) is 0 Å². The number of hydrogen-bond donors (Lipinski definition) is 0. The van der Waals surface area contributed by atoms with Gasteiger partial charge >= 0.3 is 0 Å². The molecular formula is C14H13Cl. The summed E-state index contributed by atoms with van der Waals surface area (Å²) in [5.41, 5.74) is 4.96. The lowest BCUT2D eigenvalue weighted by molar-refractivity contribution is 1.30. The molecule has 0 heterocycles. The fraction of sp³-hybridized carbons (Fsp3) is 0.143. The smallest absolute Gasteiger partial charge is 0.0476 e. The van der Waals surface area contributed by atoms with E-state index in [2.05, 4.69) is 49.4 Å². The minimum Gasteiger partial charge on any atom is -0.122 e. The summed E-state index contributed by atoms with van der Waals surface area (Å²) in [6.45, 7) is 2.10. The van der Waals surface area contributed by atoms with E-state index in [1.54, 1.807) is 0 Å². The average molecular weight is 217 g/mol. The molecule has 0 saturated heterocycles. The number of aryl methyl sites for hydroxylation is 1. The van der Waals surface area contributed by atoms with Crippen molar-refractivity contribution in [3.05, 3.63) is 59.7 Å². The van der Waals surface area contributed by atoms with Crippen molar-refractivity contribution < 1.29 is 0 Å². The number of hydrogen-bond acceptors (Lipinski definition) is 0. The summed E-state index contributed by atoms with van der Waals surface area (Å²) in [7, 11) is 0. The third-order valence-electron chi connectivity index (χ3n) is 2.59. The molecule has 0 fully saturated rings. The third kappa shape index (κ3) is 2.21. The lowest BCUT2D eigenvalue weighted by Gasteiger charge is -2.06. The topological polar surface area (TPSA) is 0 Å². The summed E-state index contributed by atoms with van der Waals surface area (Å²) in [5, 5.41) is 0. The molecule has 0 nitrogen and oxygen atoms in total. The van der Waals surface area contributed by atoms with Gasteiger partial charge in [0.1, 0.15) is 0 Å². The Kier molecular flexibility index (Phi) is 3.08. The normalized spacial score (nSPS) is 10.3. The number of benzene rings is 2. The highest BCUT2D eigenvalue weighted by molar-refractivity contribution is 6.17. The lowest BCUT2D eigenvalue weighted by atomic mass is 10.0. The minimum absolute atomic E-state index is 0.584. The van der Waals surface area contributed by atoms with Crippen LogP contribution < -0.4 is 0 Å². The maximum atomic E-state index is 5.83. The first kappa shape index (κ1) is 10.3. The molecule has 0 atom stereocenters. The Balaban J connectivity index is 2.43. The highest BCUT2D eigenvalue weighted by Gasteiger charge is 2.00. The van der Waals surface area contributed by atoms with E-state index in [9.17, 15) is 0 Å². The minimum atomic E-state index is 0.584. The average Bonchev–Trinajstić information content (AvgIpc) is 2.30. The molecule has 2 rings (SSSR count). The monoisotopic (exact) mass is 216 g/mol. The molecule has 0 radical (unpaired) electrons. The Bertz CT molecular complexity index is 446. The molecule has 0 N–H and O–H groups in total. The molecule has 0 aromatic heterocycles. The first-order valence-electron chi connectivity index (χ1n) is 5.02. The van der Waals surface area contributed by atoms with Crippen molar-refractivity contribution in [3.63, 3.8) is 0 Å². The van der Waals surface area contributed by atoms with Crippen LogP contribution in [-0.4, -0.2) is 0 Å². The molecule has 0 aliphatic rings. The van der Waals surface area contributed by atoms with E-state index in [0.717, 1.165) is 0 Å². The predicted molar refractivity (Wildman–Crippen MR) is 66.2 cm³/mol. The quantitative estimate of drug-likeness (QED) is 0.653. The summed E-state index contributed by atoms with van der Waals surface area (Å²) in [6, 6.07) is 16.8. The van der Waals surface area contributed by atoms with Gasteiger partial charge in [0, 0.05) is 5.88 Å². The molecule has 15 heavy (non-hydrogen) atoms. The van der Waals surface area contributed by atoms with Gasteiger partial charge in [0.05, 0.1) is 0 Å². The van der Waals surface area contributed by atoms with Crippen LogP contribution in [0.25, 0.3) is 11.1 Å². The molecule has 2 aromatic rings. The maximum absolute atomic E-state index is 5.83. The van der Waals surface area contributed by atoms with E-state index in [4.69, 9.17) is 11.6 Å². The van der Waals surface area contributed by atoms with Crippen LogP contribution in [0.15, 0.2) is 48.5 Å². The first-order chi connectivity index (χ1) is 7.31. The highest BCUT2D eigenvalue weighted by Crippen LogP contribution is 2.22. The molecule has 0 unspecified atom stereocenters. The van der Waals surface area contributed by atoms with Crippen LogP contribution in [0.3, 0.4) is 0 Å². The summed E-state index contributed by atoms with van der Waals surface area (Å²) >= 11 is 5.83. The number of halogens is 1. The molecule has 76 valence electrons. The van der Waals surface area contributed by atoms with Gasteiger partial charge in [-0.05, 0) is 29.2 Å². The highest BCUT2D eigenvalue weighted by atomic mass is 35.5. The van der Waals surface area contributed by atoms with Gasteiger partial charge in [-0.15, -0.1) is 11.6 Å². The van der Waals surface area contributed by atoms with Crippen LogP contribution in [0.4, 0.5) is 0 Å². The summed E-state index contributed by atoms with van der Waals surface area (Å²) in [4.78, 5) is 0. The molecule has 0 aliphatic heterocycles. The van der Waals surface area contributed by atoms with Gasteiger partial charge in [-0.2, -0.15) is 0 Å². The van der Waals surface area contributed by atoms with Gasteiger partial charge in [0.15, 0.2) is 0 Å². The number of rotatable bonds is 2. The number of alkyl halides is 1. The fourth-order valence-electron chi connectivity index (χ4n) is 1.66. The van der Waals surface area contributed by atoms with Crippen molar-refractivity contribution in [2.24, 2.45) is 0 Å². The second-order valence-corrected chi connectivity index (χ2v) is 3.91. The zero-order chi connectivity index (χ0) is 10.7. The van der Waals surface area contributed by atoms with Crippen LogP contribution in [-0.2, 0) is 5.88 Å². The van der Waals surface area contributed by atoms with E-state index in [1.807, 2.05) is 6.07 Å². The van der Waals surface area contributed by atoms with Crippen LogP contribution in [0, 0.1) is 6.92 Å². The van der Waals surface area contributed by atoms with Crippen LogP contribution in [0.5, 0.6) is 0 Å². The van der Waals surface area contributed by atoms with E-state index in [0.29, 0.717) is 5.88 Å². The zero-order valence-corrected chi connectivity index (χ0v) is 9.46. The molecule has 2 aromatic carbocycles. The van der Waals surface area contributed by atoms with Crippen molar-refractivity contribution in [3.8, 4) is 11.1 Å². The van der Waals surface area contributed by atoms with Crippen molar-refractivity contribution >= 4 is 11.6 Å². The van der Waals surface area contributed by atoms with Crippen molar-refractivity contribution in [2.75, 3.05) is 0 Å². The predicted octanol–water partition coefficient (Wildman–Crippen LogP) is 4.40. The van der Waals surface area contributed by atoms with Crippen LogP contribution >= 0.6 is 11.6 Å². The first-order valence-corrected chi connectivity index (χ1v) is 5.55. The maximum Gasteiger partial charge on any atom is 0.0476 e. The standard InChI is InChI=1S/C14H13Cl/c1-11-9-13(7-8-14(11)10-15)12-5-3-2-4-6-12/h2-9H,10H2,1H3. The van der Waals surface area contributed by atoms with E-state index in [1.165, 1.54) is 22.3 Å². The van der Waals surface area contributed by atoms with E-state index < -0.39 is 0 Å². The lowest BCUT2D eigenvalue weighted by Crippen LogP contribution is -1.86. The molecule has 1 heteroatoms. The van der Waals surface area contributed by atoms with Crippen molar-refractivity contribution in [2.45, 2.75) is 12.8 Å². The van der Waals surface area contributed by atoms with Crippen LogP contribution in [0.2, 0.25) is 0 Å². The Morgan fingerprint density at radius 2 is 1.67 bits per heavy atom.